The summed E-state index contributed by atoms with van der Waals surface area (Å²) in [6.45, 7) is 3.66. The van der Waals surface area contributed by atoms with E-state index in [1.54, 1.807) is 6.92 Å². The van der Waals surface area contributed by atoms with Gasteiger partial charge in [0.2, 0.25) is 0 Å². The minimum Gasteiger partial charge on any atom is -0.469 e. The smallest absolute Gasteiger partial charge is 0.312 e. The molecular formula is C12H18O4. The minimum absolute atomic E-state index is 0.0437. The van der Waals surface area contributed by atoms with Crippen molar-refractivity contribution >= 4 is 11.9 Å². The van der Waals surface area contributed by atoms with Crippen LogP contribution in [0.2, 0.25) is 0 Å². The number of hydrogen-bond acceptors (Lipinski definition) is 4. The summed E-state index contributed by atoms with van der Waals surface area (Å²) in [6.07, 6.45) is 4.37. The molecule has 0 aromatic heterocycles. The summed E-state index contributed by atoms with van der Waals surface area (Å²) in [5.74, 6) is -1.23. The predicted molar refractivity (Wildman–Crippen MR) is 58.6 cm³/mol. The molecule has 0 N–H and O–H groups in total. The monoisotopic (exact) mass is 226 g/mol. The van der Waals surface area contributed by atoms with E-state index in [-0.39, 0.29) is 17.9 Å². The van der Waals surface area contributed by atoms with Gasteiger partial charge in [0.15, 0.2) is 0 Å². The van der Waals surface area contributed by atoms with Gasteiger partial charge < -0.3 is 9.47 Å². The highest BCUT2D eigenvalue weighted by Crippen LogP contribution is 2.43. The van der Waals surface area contributed by atoms with Crippen LogP contribution in [0.3, 0.4) is 0 Å². The Labute approximate surface area is 95.6 Å². The van der Waals surface area contributed by atoms with E-state index in [4.69, 9.17) is 9.47 Å². The number of methoxy groups -OCH3 is 2. The summed E-state index contributed by atoms with van der Waals surface area (Å²) >= 11 is 0. The molecule has 0 saturated heterocycles. The number of rotatable bonds is 2. The fourth-order valence-electron chi connectivity index (χ4n) is 2.21. The van der Waals surface area contributed by atoms with Crippen molar-refractivity contribution < 1.29 is 19.1 Å². The van der Waals surface area contributed by atoms with Gasteiger partial charge in [-0.15, -0.1) is 0 Å². The van der Waals surface area contributed by atoms with Crippen LogP contribution >= 0.6 is 0 Å². The number of ether oxygens (including phenoxy) is 2. The second kappa shape index (κ2) is 4.68. The Bertz CT molecular complexity index is 321. The molecule has 0 amide bonds. The van der Waals surface area contributed by atoms with Crippen molar-refractivity contribution in [2.45, 2.75) is 20.3 Å². The van der Waals surface area contributed by atoms with E-state index < -0.39 is 11.3 Å². The molecule has 0 aromatic rings. The van der Waals surface area contributed by atoms with Crippen LogP contribution in [-0.4, -0.2) is 26.2 Å². The van der Waals surface area contributed by atoms with E-state index in [0.29, 0.717) is 6.42 Å². The molecule has 1 aliphatic rings. The second-order valence-corrected chi connectivity index (χ2v) is 4.30. The van der Waals surface area contributed by atoms with Crippen LogP contribution in [0.15, 0.2) is 12.2 Å². The maximum absolute atomic E-state index is 11.9. The minimum atomic E-state index is -0.837. The van der Waals surface area contributed by atoms with E-state index in [9.17, 15) is 9.59 Å². The van der Waals surface area contributed by atoms with Crippen molar-refractivity contribution in [1.82, 2.24) is 0 Å². The topological polar surface area (TPSA) is 52.6 Å². The number of esters is 2. The zero-order valence-corrected chi connectivity index (χ0v) is 10.1. The Kier molecular flexibility index (Phi) is 3.73. The SMILES string of the molecule is COC(=O)[C@@H]1CC=C[C@H](C)[C@]1(C)C(=O)OC. The molecule has 16 heavy (non-hydrogen) atoms. The molecule has 1 aliphatic carbocycles. The summed E-state index contributed by atoms with van der Waals surface area (Å²) in [7, 11) is 2.68. The van der Waals surface area contributed by atoms with E-state index in [0.717, 1.165) is 0 Å². The zero-order chi connectivity index (χ0) is 12.3. The Morgan fingerprint density at radius 1 is 1.31 bits per heavy atom. The van der Waals surface area contributed by atoms with Crippen molar-refractivity contribution in [2.75, 3.05) is 14.2 Å². The molecule has 0 bridgehead atoms. The third-order valence-corrected chi connectivity index (χ3v) is 3.58. The third kappa shape index (κ3) is 1.84. The first-order valence-corrected chi connectivity index (χ1v) is 5.31. The predicted octanol–water partition coefficient (Wildman–Crippen LogP) is 1.55. The fourth-order valence-corrected chi connectivity index (χ4v) is 2.21. The summed E-state index contributed by atoms with van der Waals surface area (Å²) in [5, 5.41) is 0. The number of allylic oxidation sites excluding steroid dienone is 2. The summed E-state index contributed by atoms with van der Waals surface area (Å²) < 4.78 is 9.55. The normalized spacial score (nSPS) is 33.2. The molecule has 0 spiro atoms. The van der Waals surface area contributed by atoms with Gasteiger partial charge in [0.05, 0.1) is 25.6 Å². The van der Waals surface area contributed by atoms with Crippen LogP contribution in [0.5, 0.6) is 0 Å². The second-order valence-electron chi connectivity index (χ2n) is 4.30. The van der Waals surface area contributed by atoms with E-state index in [2.05, 4.69) is 0 Å². The van der Waals surface area contributed by atoms with Crippen LogP contribution in [0.1, 0.15) is 20.3 Å². The van der Waals surface area contributed by atoms with Crippen molar-refractivity contribution in [1.29, 1.82) is 0 Å². The van der Waals surface area contributed by atoms with Gasteiger partial charge in [0.1, 0.15) is 0 Å². The Hall–Kier alpha value is -1.32. The lowest BCUT2D eigenvalue weighted by Gasteiger charge is -2.39. The first-order chi connectivity index (χ1) is 7.48. The summed E-state index contributed by atoms with van der Waals surface area (Å²) in [5.41, 5.74) is -0.837. The van der Waals surface area contributed by atoms with Gasteiger partial charge in [-0.05, 0) is 19.3 Å². The Balaban J connectivity index is 3.11. The molecular weight excluding hydrogens is 208 g/mol. The molecule has 0 fully saturated rings. The lowest BCUT2D eigenvalue weighted by atomic mass is 9.64. The number of carbonyl (C=O) groups excluding carboxylic acids is 2. The number of carbonyl (C=O) groups is 2. The maximum atomic E-state index is 11.9. The van der Waals surface area contributed by atoms with Gasteiger partial charge >= 0.3 is 11.9 Å². The lowest BCUT2D eigenvalue weighted by molar-refractivity contribution is -0.168. The van der Waals surface area contributed by atoms with E-state index >= 15 is 0 Å². The Morgan fingerprint density at radius 2 is 1.94 bits per heavy atom. The molecule has 0 aromatic carbocycles. The molecule has 3 atom stereocenters. The quantitative estimate of drug-likeness (QED) is 0.529. The summed E-state index contributed by atoms with van der Waals surface area (Å²) in [4.78, 5) is 23.6. The molecule has 4 heteroatoms. The summed E-state index contributed by atoms with van der Waals surface area (Å²) in [6, 6.07) is 0. The van der Waals surface area contributed by atoms with Crippen LogP contribution in [-0.2, 0) is 19.1 Å². The van der Waals surface area contributed by atoms with Crippen molar-refractivity contribution in [2.24, 2.45) is 17.3 Å². The van der Waals surface area contributed by atoms with Crippen LogP contribution in [0.25, 0.3) is 0 Å². The van der Waals surface area contributed by atoms with Gasteiger partial charge in [-0.1, -0.05) is 19.1 Å². The molecule has 0 aliphatic heterocycles. The highest BCUT2D eigenvalue weighted by molar-refractivity contribution is 5.86. The highest BCUT2D eigenvalue weighted by Gasteiger charge is 2.50. The van der Waals surface area contributed by atoms with Crippen molar-refractivity contribution in [3.63, 3.8) is 0 Å². The van der Waals surface area contributed by atoms with Gasteiger partial charge in [-0.2, -0.15) is 0 Å². The molecule has 90 valence electrons. The molecule has 0 radical (unpaired) electrons. The average molecular weight is 226 g/mol. The fraction of sp³-hybridized carbons (Fsp3) is 0.667. The molecule has 0 saturated carbocycles. The lowest BCUT2D eigenvalue weighted by Crippen LogP contribution is -2.47. The van der Waals surface area contributed by atoms with Crippen LogP contribution in [0, 0.1) is 17.3 Å². The van der Waals surface area contributed by atoms with Gasteiger partial charge in [-0.3, -0.25) is 9.59 Å². The molecule has 0 heterocycles. The van der Waals surface area contributed by atoms with Crippen LogP contribution in [0.4, 0.5) is 0 Å². The van der Waals surface area contributed by atoms with E-state index in [1.807, 2.05) is 19.1 Å². The zero-order valence-electron chi connectivity index (χ0n) is 10.1. The van der Waals surface area contributed by atoms with Crippen molar-refractivity contribution in [3.8, 4) is 0 Å². The van der Waals surface area contributed by atoms with E-state index in [1.165, 1.54) is 14.2 Å². The van der Waals surface area contributed by atoms with Crippen LogP contribution < -0.4 is 0 Å². The van der Waals surface area contributed by atoms with Gasteiger partial charge in [0, 0.05) is 0 Å². The highest BCUT2D eigenvalue weighted by atomic mass is 16.5. The largest absolute Gasteiger partial charge is 0.469 e. The molecule has 4 nitrogen and oxygen atoms in total. The standard InChI is InChI=1S/C12H18O4/c1-8-6-5-7-9(10(13)15-3)12(8,2)11(14)16-4/h5-6,8-9H,7H2,1-4H3/t8-,9-,12-/m0/s1. The Morgan fingerprint density at radius 3 is 2.44 bits per heavy atom. The maximum Gasteiger partial charge on any atom is 0.312 e. The average Bonchev–Trinajstić information content (AvgIpc) is 2.30. The van der Waals surface area contributed by atoms with Crippen molar-refractivity contribution in [3.05, 3.63) is 12.2 Å². The van der Waals surface area contributed by atoms with Gasteiger partial charge in [0.25, 0.3) is 0 Å². The molecule has 1 rings (SSSR count). The first kappa shape index (κ1) is 12.7. The van der Waals surface area contributed by atoms with Gasteiger partial charge in [-0.25, -0.2) is 0 Å². The third-order valence-electron chi connectivity index (χ3n) is 3.58. The molecule has 0 unspecified atom stereocenters. The number of hydrogen-bond donors (Lipinski definition) is 0. The first-order valence-electron chi connectivity index (χ1n) is 5.31.